The Bertz CT molecular complexity index is 754. The van der Waals surface area contributed by atoms with Crippen molar-refractivity contribution in [1.82, 2.24) is 10.2 Å². The van der Waals surface area contributed by atoms with E-state index in [1.807, 2.05) is 55.5 Å². The number of hydrogen-bond donors (Lipinski definition) is 1. The smallest absolute Gasteiger partial charge is 0.242 e. The van der Waals surface area contributed by atoms with Crippen molar-refractivity contribution in [3.05, 3.63) is 65.2 Å². The molecule has 0 aliphatic carbocycles. The number of aryl methyl sites for hydroxylation is 2. The van der Waals surface area contributed by atoms with Crippen molar-refractivity contribution in [3.8, 4) is 5.75 Å². The Morgan fingerprint density at radius 2 is 1.63 bits per heavy atom. The first-order valence-corrected chi connectivity index (χ1v) is 9.14. The van der Waals surface area contributed by atoms with Gasteiger partial charge in [0.2, 0.25) is 11.8 Å². The van der Waals surface area contributed by atoms with Gasteiger partial charge in [0, 0.05) is 20.0 Å². The van der Waals surface area contributed by atoms with Crippen molar-refractivity contribution >= 4 is 11.8 Å². The fourth-order valence-corrected chi connectivity index (χ4v) is 2.87. The van der Waals surface area contributed by atoms with E-state index in [0.29, 0.717) is 19.4 Å². The summed E-state index contributed by atoms with van der Waals surface area (Å²) in [6.45, 7) is 4.17. The number of likely N-dealkylation sites (N-methyl/N-ethyl adjacent to an activating group) is 1. The second-order valence-corrected chi connectivity index (χ2v) is 6.65. The Labute approximate surface area is 161 Å². The summed E-state index contributed by atoms with van der Waals surface area (Å²) in [6.07, 6.45) is 1.01. The van der Waals surface area contributed by atoms with Gasteiger partial charge in [0.1, 0.15) is 11.8 Å². The summed E-state index contributed by atoms with van der Waals surface area (Å²) in [5, 5.41) is 2.63. The van der Waals surface area contributed by atoms with Crippen LogP contribution in [0.25, 0.3) is 0 Å². The SMILES string of the molecule is CNC(=O)[C@H](C)N(Cc1ccc(OC)cc1)C(=O)CCc1ccc(C)cc1. The zero-order chi connectivity index (χ0) is 19.8. The van der Waals surface area contributed by atoms with E-state index >= 15 is 0 Å². The van der Waals surface area contributed by atoms with Crippen molar-refractivity contribution in [2.45, 2.75) is 39.3 Å². The number of carbonyl (C=O) groups excluding carboxylic acids is 2. The number of hydrogen-bond acceptors (Lipinski definition) is 3. The minimum Gasteiger partial charge on any atom is -0.497 e. The topological polar surface area (TPSA) is 58.6 Å². The highest BCUT2D eigenvalue weighted by Crippen LogP contribution is 2.16. The minimum absolute atomic E-state index is 0.0394. The van der Waals surface area contributed by atoms with Gasteiger partial charge in [0.05, 0.1) is 7.11 Å². The molecule has 2 aromatic carbocycles. The summed E-state index contributed by atoms with van der Waals surface area (Å²) >= 11 is 0. The quantitative estimate of drug-likeness (QED) is 0.779. The maximum Gasteiger partial charge on any atom is 0.242 e. The van der Waals surface area contributed by atoms with Crippen LogP contribution in [0, 0.1) is 6.92 Å². The highest BCUT2D eigenvalue weighted by Gasteiger charge is 2.25. The molecule has 0 fully saturated rings. The van der Waals surface area contributed by atoms with Gasteiger partial charge in [-0.05, 0) is 43.5 Å². The van der Waals surface area contributed by atoms with Crippen LogP contribution in [0.2, 0.25) is 0 Å². The molecule has 27 heavy (non-hydrogen) atoms. The Morgan fingerprint density at radius 3 is 2.19 bits per heavy atom. The molecule has 0 unspecified atom stereocenters. The molecule has 0 bridgehead atoms. The standard InChI is InChI=1S/C22H28N2O3/c1-16-5-7-18(8-6-16)11-14-21(25)24(17(2)22(26)23-3)15-19-9-12-20(27-4)13-10-19/h5-10,12-13,17H,11,14-15H2,1-4H3,(H,23,26)/t17-/m0/s1. The van der Waals surface area contributed by atoms with Gasteiger partial charge in [0.15, 0.2) is 0 Å². The Kier molecular flexibility index (Phi) is 7.41. The van der Waals surface area contributed by atoms with Gasteiger partial charge in [-0.3, -0.25) is 9.59 Å². The van der Waals surface area contributed by atoms with Crippen molar-refractivity contribution in [1.29, 1.82) is 0 Å². The predicted octanol–water partition coefficient (Wildman–Crippen LogP) is 3.10. The lowest BCUT2D eigenvalue weighted by atomic mass is 10.1. The maximum absolute atomic E-state index is 12.9. The summed E-state index contributed by atoms with van der Waals surface area (Å²) in [6, 6.07) is 15.2. The maximum atomic E-state index is 12.9. The largest absolute Gasteiger partial charge is 0.497 e. The molecule has 0 spiro atoms. The van der Waals surface area contributed by atoms with E-state index in [-0.39, 0.29) is 11.8 Å². The minimum atomic E-state index is -0.539. The molecule has 0 radical (unpaired) electrons. The van der Waals surface area contributed by atoms with E-state index in [4.69, 9.17) is 4.74 Å². The molecule has 5 nitrogen and oxygen atoms in total. The van der Waals surface area contributed by atoms with Crippen LogP contribution < -0.4 is 10.1 Å². The first-order valence-electron chi connectivity index (χ1n) is 9.14. The zero-order valence-electron chi connectivity index (χ0n) is 16.5. The second kappa shape index (κ2) is 9.76. The summed E-state index contributed by atoms with van der Waals surface area (Å²) < 4.78 is 5.18. The molecule has 5 heteroatoms. The number of nitrogens with zero attached hydrogens (tertiary/aromatic N) is 1. The van der Waals surface area contributed by atoms with Gasteiger partial charge in [-0.25, -0.2) is 0 Å². The monoisotopic (exact) mass is 368 g/mol. The lowest BCUT2D eigenvalue weighted by Gasteiger charge is -2.28. The van der Waals surface area contributed by atoms with E-state index in [9.17, 15) is 9.59 Å². The normalized spacial score (nSPS) is 11.6. The van der Waals surface area contributed by atoms with Crippen LogP contribution in [-0.4, -0.2) is 36.9 Å². The van der Waals surface area contributed by atoms with Crippen LogP contribution in [-0.2, 0) is 22.6 Å². The third-order valence-electron chi connectivity index (χ3n) is 4.67. The zero-order valence-corrected chi connectivity index (χ0v) is 16.5. The summed E-state index contributed by atoms with van der Waals surface area (Å²) in [4.78, 5) is 26.7. The van der Waals surface area contributed by atoms with Crippen molar-refractivity contribution in [3.63, 3.8) is 0 Å². The van der Waals surface area contributed by atoms with Gasteiger partial charge in [0.25, 0.3) is 0 Å². The number of ether oxygens (including phenoxy) is 1. The lowest BCUT2D eigenvalue weighted by Crippen LogP contribution is -2.46. The van der Waals surface area contributed by atoms with Gasteiger partial charge in [-0.1, -0.05) is 42.0 Å². The highest BCUT2D eigenvalue weighted by molar-refractivity contribution is 5.87. The van der Waals surface area contributed by atoms with Crippen LogP contribution in [0.15, 0.2) is 48.5 Å². The Hall–Kier alpha value is -2.82. The number of carbonyl (C=O) groups is 2. The van der Waals surface area contributed by atoms with E-state index in [1.165, 1.54) is 5.56 Å². The summed E-state index contributed by atoms with van der Waals surface area (Å²) in [5.41, 5.74) is 3.26. The van der Waals surface area contributed by atoms with Crippen LogP contribution in [0.1, 0.15) is 30.0 Å². The van der Waals surface area contributed by atoms with Gasteiger partial charge >= 0.3 is 0 Å². The second-order valence-electron chi connectivity index (χ2n) is 6.65. The highest BCUT2D eigenvalue weighted by atomic mass is 16.5. The molecule has 0 saturated heterocycles. The molecule has 0 heterocycles. The average molecular weight is 368 g/mol. The van der Waals surface area contributed by atoms with E-state index in [2.05, 4.69) is 5.32 Å². The number of rotatable bonds is 8. The average Bonchev–Trinajstić information content (AvgIpc) is 2.70. The molecule has 0 aromatic heterocycles. The number of methoxy groups -OCH3 is 1. The number of benzene rings is 2. The van der Waals surface area contributed by atoms with Crippen LogP contribution in [0.4, 0.5) is 0 Å². The molecule has 2 rings (SSSR count). The summed E-state index contributed by atoms with van der Waals surface area (Å²) in [5.74, 6) is 0.546. The third kappa shape index (κ3) is 5.84. The molecular formula is C22H28N2O3. The molecule has 0 aliphatic heterocycles. The molecule has 2 aromatic rings. The fraction of sp³-hybridized carbons (Fsp3) is 0.364. The van der Waals surface area contributed by atoms with Crippen molar-refractivity contribution in [2.24, 2.45) is 0 Å². The number of amides is 2. The van der Waals surface area contributed by atoms with E-state index < -0.39 is 6.04 Å². The Balaban J connectivity index is 2.10. The van der Waals surface area contributed by atoms with E-state index in [0.717, 1.165) is 16.9 Å². The van der Waals surface area contributed by atoms with Gasteiger partial charge < -0.3 is 15.0 Å². The van der Waals surface area contributed by atoms with Crippen LogP contribution in [0.5, 0.6) is 5.75 Å². The summed E-state index contributed by atoms with van der Waals surface area (Å²) in [7, 11) is 3.20. The molecule has 0 aliphatic rings. The number of nitrogens with one attached hydrogen (secondary N) is 1. The first-order chi connectivity index (χ1) is 12.9. The molecular weight excluding hydrogens is 340 g/mol. The van der Waals surface area contributed by atoms with Crippen molar-refractivity contribution < 1.29 is 14.3 Å². The van der Waals surface area contributed by atoms with Gasteiger partial charge in [-0.15, -0.1) is 0 Å². The van der Waals surface area contributed by atoms with Crippen LogP contribution >= 0.6 is 0 Å². The van der Waals surface area contributed by atoms with Crippen LogP contribution in [0.3, 0.4) is 0 Å². The molecule has 144 valence electrons. The lowest BCUT2D eigenvalue weighted by molar-refractivity contribution is -0.140. The van der Waals surface area contributed by atoms with E-state index in [1.54, 1.807) is 26.0 Å². The Morgan fingerprint density at radius 1 is 1.04 bits per heavy atom. The third-order valence-corrected chi connectivity index (χ3v) is 4.67. The fourth-order valence-electron chi connectivity index (χ4n) is 2.87. The molecule has 1 atom stereocenters. The molecule has 2 amide bonds. The van der Waals surface area contributed by atoms with Gasteiger partial charge in [-0.2, -0.15) is 0 Å². The first kappa shape index (κ1) is 20.5. The predicted molar refractivity (Wildman–Crippen MR) is 107 cm³/mol. The van der Waals surface area contributed by atoms with Crippen molar-refractivity contribution in [2.75, 3.05) is 14.2 Å². The molecule has 1 N–H and O–H groups in total. The molecule has 0 saturated carbocycles.